The van der Waals surface area contributed by atoms with Crippen molar-refractivity contribution in [3.63, 3.8) is 0 Å². The summed E-state index contributed by atoms with van der Waals surface area (Å²) in [4.78, 5) is 13.6. The van der Waals surface area contributed by atoms with E-state index in [1.54, 1.807) is 0 Å². The lowest BCUT2D eigenvalue weighted by molar-refractivity contribution is -0.142. The maximum Gasteiger partial charge on any atom is 0.416 e. The van der Waals surface area contributed by atoms with Crippen LogP contribution in [-0.4, -0.2) is 28.6 Å². The first kappa shape index (κ1) is 19.4. The predicted molar refractivity (Wildman–Crippen MR) is 96.6 cm³/mol. The van der Waals surface area contributed by atoms with E-state index in [2.05, 4.69) is 0 Å². The van der Waals surface area contributed by atoms with E-state index in [9.17, 15) is 23.1 Å². The van der Waals surface area contributed by atoms with Crippen molar-refractivity contribution in [3.05, 3.63) is 70.3 Å². The van der Waals surface area contributed by atoms with Gasteiger partial charge in [0, 0.05) is 6.54 Å². The number of benzene rings is 2. The van der Waals surface area contributed by atoms with Gasteiger partial charge in [-0.25, -0.2) is 0 Å². The number of halogens is 3. The third-order valence-electron chi connectivity index (χ3n) is 5.18. The van der Waals surface area contributed by atoms with Crippen LogP contribution in [0.4, 0.5) is 13.2 Å². The summed E-state index contributed by atoms with van der Waals surface area (Å²) in [6.07, 6.45) is -3.11. The fourth-order valence-corrected chi connectivity index (χ4v) is 3.90. The molecule has 1 heterocycles. The minimum Gasteiger partial charge on any atom is -0.480 e. The number of alkyl halides is 3. The van der Waals surface area contributed by atoms with Crippen LogP contribution < -0.4 is 0 Å². The molecule has 0 aromatic heterocycles. The standard InChI is InChI=1S/C21H22F3NO2/c1-13-5-10-17(14(2)12-13)19(25-11-3-4-18(25)20(26)27)15-6-8-16(9-7-15)21(22,23)24/h5-10,12,18-19H,3-4,11H2,1-2H3,(H,26,27). The van der Waals surface area contributed by atoms with E-state index in [-0.39, 0.29) is 0 Å². The molecule has 3 rings (SSSR count). The summed E-state index contributed by atoms with van der Waals surface area (Å²) in [6, 6.07) is 9.94. The summed E-state index contributed by atoms with van der Waals surface area (Å²) in [5.41, 5.74) is 2.97. The molecule has 0 amide bonds. The van der Waals surface area contributed by atoms with E-state index in [1.807, 2.05) is 36.9 Å². The molecule has 1 N–H and O–H groups in total. The summed E-state index contributed by atoms with van der Waals surface area (Å²) in [7, 11) is 0. The SMILES string of the molecule is Cc1ccc(C(c2ccc(C(F)(F)F)cc2)N2CCCC2C(=O)O)c(C)c1. The molecular weight excluding hydrogens is 355 g/mol. The number of carboxylic acid groups (broad SMARTS) is 1. The van der Waals surface area contributed by atoms with Gasteiger partial charge in [-0.1, -0.05) is 35.9 Å². The fourth-order valence-electron chi connectivity index (χ4n) is 3.90. The van der Waals surface area contributed by atoms with Crippen molar-refractivity contribution in [2.24, 2.45) is 0 Å². The van der Waals surface area contributed by atoms with Crippen molar-refractivity contribution in [2.75, 3.05) is 6.54 Å². The molecule has 2 atom stereocenters. The van der Waals surface area contributed by atoms with Gasteiger partial charge in [0.1, 0.15) is 6.04 Å². The van der Waals surface area contributed by atoms with Crippen molar-refractivity contribution < 1.29 is 23.1 Å². The van der Waals surface area contributed by atoms with Gasteiger partial charge in [0.2, 0.25) is 0 Å². The quantitative estimate of drug-likeness (QED) is 0.819. The molecule has 27 heavy (non-hydrogen) atoms. The number of aryl methyl sites for hydroxylation is 2. The molecule has 1 aliphatic heterocycles. The number of carboxylic acids is 1. The predicted octanol–water partition coefficient (Wildman–Crippen LogP) is 4.96. The zero-order valence-electron chi connectivity index (χ0n) is 15.3. The molecule has 1 saturated heterocycles. The van der Waals surface area contributed by atoms with E-state index in [1.165, 1.54) is 12.1 Å². The van der Waals surface area contributed by atoms with E-state index < -0.39 is 29.8 Å². The van der Waals surface area contributed by atoms with Crippen LogP contribution in [0.5, 0.6) is 0 Å². The van der Waals surface area contributed by atoms with Gasteiger partial charge in [-0.05, 0) is 55.5 Å². The topological polar surface area (TPSA) is 40.5 Å². The summed E-state index contributed by atoms with van der Waals surface area (Å²) in [6.45, 7) is 4.51. The highest BCUT2D eigenvalue weighted by molar-refractivity contribution is 5.74. The molecule has 0 radical (unpaired) electrons. The second-order valence-electron chi connectivity index (χ2n) is 7.12. The molecule has 1 aliphatic rings. The van der Waals surface area contributed by atoms with Crippen LogP contribution >= 0.6 is 0 Å². The minimum atomic E-state index is -4.40. The monoisotopic (exact) mass is 377 g/mol. The van der Waals surface area contributed by atoms with Crippen LogP contribution in [0.3, 0.4) is 0 Å². The molecule has 0 bridgehead atoms. The third-order valence-corrected chi connectivity index (χ3v) is 5.18. The zero-order valence-corrected chi connectivity index (χ0v) is 15.3. The van der Waals surface area contributed by atoms with E-state index in [4.69, 9.17) is 0 Å². The molecule has 2 aromatic rings. The summed E-state index contributed by atoms with van der Waals surface area (Å²) < 4.78 is 38.8. The molecule has 0 saturated carbocycles. The smallest absolute Gasteiger partial charge is 0.416 e. The summed E-state index contributed by atoms with van der Waals surface area (Å²) in [5, 5.41) is 9.60. The van der Waals surface area contributed by atoms with Gasteiger partial charge < -0.3 is 5.11 Å². The average molecular weight is 377 g/mol. The first-order valence-electron chi connectivity index (χ1n) is 8.91. The lowest BCUT2D eigenvalue weighted by Gasteiger charge is -2.33. The molecule has 2 unspecified atom stereocenters. The van der Waals surface area contributed by atoms with Crippen LogP contribution in [-0.2, 0) is 11.0 Å². The van der Waals surface area contributed by atoms with Gasteiger partial charge in [-0.2, -0.15) is 13.2 Å². The van der Waals surface area contributed by atoms with Crippen molar-refractivity contribution in [3.8, 4) is 0 Å². The number of hydrogen-bond acceptors (Lipinski definition) is 2. The number of likely N-dealkylation sites (tertiary alicyclic amines) is 1. The van der Waals surface area contributed by atoms with Gasteiger partial charge in [-0.3, -0.25) is 9.69 Å². The van der Waals surface area contributed by atoms with Crippen molar-refractivity contribution >= 4 is 5.97 Å². The largest absolute Gasteiger partial charge is 0.480 e. The Bertz CT molecular complexity index is 830. The molecule has 3 nitrogen and oxygen atoms in total. The second-order valence-corrected chi connectivity index (χ2v) is 7.12. The lowest BCUT2D eigenvalue weighted by atomic mass is 9.91. The van der Waals surface area contributed by atoms with Crippen LogP contribution in [0.25, 0.3) is 0 Å². The third kappa shape index (κ3) is 4.00. The minimum absolute atomic E-state index is 0.392. The average Bonchev–Trinajstić information content (AvgIpc) is 3.06. The molecule has 2 aromatic carbocycles. The molecule has 1 fully saturated rings. The molecule has 0 aliphatic carbocycles. The molecule has 0 spiro atoms. The van der Waals surface area contributed by atoms with Crippen LogP contribution in [0.2, 0.25) is 0 Å². The van der Waals surface area contributed by atoms with Crippen LogP contribution in [0.15, 0.2) is 42.5 Å². The highest BCUT2D eigenvalue weighted by Crippen LogP contribution is 2.38. The Kier molecular flexibility index (Phi) is 5.29. The van der Waals surface area contributed by atoms with Crippen LogP contribution in [0.1, 0.15) is 46.7 Å². The normalized spacial score (nSPS) is 19.2. The second kappa shape index (κ2) is 7.35. The van der Waals surface area contributed by atoms with Gasteiger partial charge in [0.25, 0.3) is 0 Å². The summed E-state index contributed by atoms with van der Waals surface area (Å²) in [5.74, 6) is -0.894. The number of rotatable bonds is 4. The van der Waals surface area contributed by atoms with E-state index in [0.29, 0.717) is 18.5 Å². The number of hydrogen-bond donors (Lipinski definition) is 1. The molecular formula is C21H22F3NO2. The van der Waals surface area contributed by atoms with Crippen molar-refractivity contribution in [1.82, 2.24) is 4.90 Å². The number of carbonyl (C=O) groups is 1. The Balaban J connectivity index is 2.08. The van der Waals surface area contributed by atoms with Gasteiger partial charge >= 0.3 is 12.1 Å². The summed E-state index contributed by atoms with van der Waals surface area (Å²) >= 11 is 0. The van der Waals surface area contributed by atoms with E-state index in [0.717, 1.165) is 35.2 Å². The van der Waals surface area contributed by atoms with E-state index >= 15 is 0 Å². The first-order valence-corrected chi connectivity index (χ1v) is 8.91. The number of nitrogens with zero attached hydrogens (tertiary/aromatic N) is 1. The Labute approximate surface area is 156 Å². The van der Waals surface area contributed by atoms with Gasteiger partial charge in [0.05, 0.1) is 11.6 Å². The van der Waals surface area contributed by atoms with Crippen molar-refractivity contribution in [1.29, 1.82) is 0 Å². The van der Waals surface area contributed by atoms with Crippen LogP contribution in [0, 0.1) is 13.8 Å². The highest BCUT2D eigenvalue weighted by Gasteiger charge is 2.38. The Morgan fingerprint density at radius 1 is 1.15 bits per heavy atom. The van der Waals surface area contributed by atoms with Gasteiger partial charge in [-0.15, -0.1) is 0 Å². The zero-order chi connectivity index (χ0) is 19.8. The maximum atomic E-state index is 12.9. The Morgan fingerprint density at radius 2 is 1.81 bits per heavy atom. The maximum absolute atomic E-state index is 12.9. The first-order chi connectivity index (χ1) is 12.7. The van der Waals surface area contributed by atoms with Crippen molar-refractivity contribution in [2.45, 2.75) is 44.9 Å². The fraction of sp³-hybridized carbons (Fsp3) is 0.381. The Hall–Kier alpha value is -2.34. The van der Waals surface area contributed by atoms with Gasteiger partial charge in [0.15, 0.2) is 0 Å². The highest BCUT2D eigenvalue weighted by atomic mass is 19.4. The number of aliphatic carboxylic acids is 1. The Morgan fingerprint density at radius 3 is 2.37 bits per heavy atom. The lowest BCUT2D eigenvalue weighted by Crippen LogP contribution is -2.39. The molecule has 6 heteroatoms. The molecule has 144 valence electrons.